The zero-order valence-corrected chi connectivity index (χ0v) is 8.41. The maximum absolute atomic E-state index is 11.5. The first kappa shape index (κ1) is 9.52. The van der Waals surface area contributed by atoms with Gasteiger partial charge < -0.3 is 9.72 Å². The van der Waals surface area contributed by atoms with Crippen molar-refractivity contribution >= 4 is 22.9 Å². The molecule has 3 heteroatoms. The molecule has 0 saturated carbocycles. The van der Waals surface area contributed by atoms with Gasteiger partial charge >= 0.3 is 5.97 Å². The summed E-state index contributed by atoms with van der Waals surface area (Å²) >= 11 is 0. The minimum atomic E-state index is -0.340. The van der Waals surface area contributed by atoms with E-state index in [9.17, 15) is 4.79 Å². The fourth-order valence-corrected chi connectivity index (χ4v) is 1.66. The Morgan fingerprint density at radius 2 is 2.27 bits per heavy atom. The number of benzene rings is 1. The highest BCUT2D eigenvalue weighted by molar-refractivity contribution is 6.01. The Balaban J connectivity index is 2.74. The van der Waals surface area contributed by atoms with Gasteiger partial charge in [-0.3, -0.25) is 0 Å². The molecule has 1 heterocycles. The molecule has 0 aliphatic heterocycles. The van der Waals surface area contributed by atoms with E-state index >= 15 is 0 Å². The number of hydrogen-bond acceptors (Lipinski definition) is 2. The van der Waals surface area contributed by atoms with Gasteiger partial charge in [-0.25, -0.2) is 4.79 Å². The van der Waals surface area contributed by atoms with Crippen LogP contribution in [0.1, 0.15) is 15.9 Å². The van der Waals surface area contributed by atoms with Crippen molar-refractivity contribution in [1.29, 1.82) is 0 Å². The Bertz CT molecular complexity index is 525. The van der Waals surface area contributed by atoms with Crippen molar-refractivity contribution in [1.82, 2.24) is 4.98 Å². The van der Waals surface area contributed by atoms with Gasteiger partial charge in [0.2, 0.25) is 0 Å². The summed E-state index contributed by atoms with van der Waals surface area (Å²) in [5.74, 6) is -0.340. The normalized spacial score (nSPS) is 10.2. The quantitative estimate of drug-likeness (QED) is 0.759. The Morgan fingerprint density at radius 3 is 2.93 bits per heavy atom. The monoisotopic (exact) mass is 201 g/mol. The summed E-state index contributed by atoms with van der Waals surface area (Å²) in [6.45, 7) is 3.72. The average molecular weight is 201 g/mol. The Morgan fingerprint density at radius 1 is 1.47 bits per heavy atom. The van der Waals surface area contributed by atoms with Gasteiger partial charge in [-0.1, -0.05) is 12.7 Å². The highest BCUT2D eigenvalue weighted by Gasteiger charge is 2.12. The largest absolute Gasteiger partial charge is 0.465 e. The summed E-state index contributed by atoms with van der Waals surface area (Å²) in [4.78, 5) is 14.6. The molecule has 0 fully saturated rings. The van der Waals surface area contributed by atoms with Crippen LogP contribution in [0.4, 0.5) is 0 Å². The number of carbonyl (C=O) groups is 1. The Labute approximate surface area is 87.4 Å². The zero-order chi connectivity index (χ0) is 10.8. The number of hydrogen-bond donors (Lipinski definition) is 1. The number of aromatic amines is 1. The first-order valence-corrected chi connectivity index (χ1v) is 4.58. The molecule has 1 aromatic carbocycles. The summed E-state index contributed by atoms with van der Waals surface area (Å²) in [6.07, 6.45) is 3.50. The summed E-state index contributed by atoms with van der Waals surface area (Å²) in [7, 11) is 1.37. The van der Waals surface area contributed by atoms with Crippen LogP contribution < -0.4 is 0 Å². The van der Waals surface area contributed by atoms with E-state index in [0.29, 0.717) is 5.56 Å². The maximum atomic E-state index is 11.5. The Kier molecular flexibility index (Phi) is 2.29. The molecule has 0 amide bonds. The average Bonchev–Trinajstić information content (AvgIpc) is 2.74. The molecule has 0 atom stereocenters. The third-order valence-corrected chi connectivity index (χ3v) is 2.39. The SMILES string of the molecule is C=Cc1c(C(=O)OC)ccc2[nH]ccc12. The minimum Gasteiger partial charge on any atom is -0.465 e. The number of fused-ring (bicyclic) bond motifs is 1. The summed E-state index contributed by atoms with van der Waals surface area (Å²) in [5, 5.41) is 0.980. The van der Waals surface area contributed by atoms with Crippen LogP contribution in [-0.2, 0) is 4.74 Å². The molecule has 3 nitrogen and oxygen atoms in total. The number of nitrogens with one attached hydrogen (secondary N) is 1. The fraction of sp³-hybridized carbons (Fsp3) is 0.0833. The molecular formula is C12H11NO2. The molecule has 1 aromatic heterocycles. The summed E-state index contributed by atoms with van der Waals surface area (Å²) in [5.41, 5.74) is 2.33. The lowest BCUT2D eigenvalue weighted by atomic mass is 10.0. The second kappa shape index (κ2) is 3.61. The molecule has 1 N–H and O–H groups in total. The lowest BCUT2D eigenvalue weighted by Crippen LogP contribution is -2.03. The highest BCUT2D eigenvalue weighted by Crippen LogP contribution is 2.23. The molecule has 15 heavy (non-hydrogen) atoms. The molecule has 0 spiro atoms. The van der Waals surface area contributed by atoms with Crippen molar-refractivity contribution in [2.45, 2.75) is 0 Å². The van der Waals surface area contributed by atoms with E-state index in [2.05, 4.69) is 11.6 Å². The minimum absolute atomic E-state index is 0.340. The molecule has 0 aliphatic rings. The Hall–Kier alpha value is -2.03. The van der Waals surface area contributed by atoms with E-state index in [1.165, 1.54) is 7.11 Å². The van der Waals surface area contributed by atoms with Crippen LogP contribution in [0.5, 0.6) is 0 Å². The predicted octanol–water partition coefficient (Wildman–Crippen LogP) is 2.60. The van der Waals surface area contributed by atoms with Crippen molar-refractivity contribution in [2.24, 2.45) is 0 Å². The van der Waals surface area contributed by atoms with Crippen molar-refractivity contribution in [3.8, 4) is 0 Å². The number of rotatable bonds is 2. The van der Waals surface area contributed by atoms with Crippen LogP contribution in [0.2, 0.25) is 0 Å². The van der Waals surface area contributed by atoms with Crippen LogP contribution in [0.15, 0.2) is 31.0 Å². The van der Waals surface area contributed by atoms with Gasteiger partial charge in [0.25, 0.3) is 0 Å². The maximum Gasteiger partial charge on any atom is 0.338 e. The summed E-state index contributed by atoms with van der Waals surface area (Å²) in [6, 6.07) is 5.51. The number of aromatic nitrogens is 1. The van der Waals surface area contributed by atoms with Crippen molar-refractivity contribution in [3.63, 3.8) is 0 Å². The standard InChI is InChI=1S/C12H11NO2/c1-3-8-9-6-7-13-11(9)5-4-10(8)12(14)15-2/h3-7,13H,1H2,2H3. The second-order valence-corrected chi connectivity index (χ2v) is 3.16. The van der Waals surface area contributed by atoms with Crippen LogP contribution >= 0.6 is 0 Å². The third kappa shape index (κ3) is 1.42. The molecule has 2 rings (SSSR count). The van der Waals surface area contributed by atoms with Gasteiger partial charge in [0.1, 0.15) is 0 Å². The van der Waals surface area contributed by atoms with Crippen LogP contribution in [-0.4, -0.2) is 18.1 Å². The number of ether oxygens (including phenoxy) is 1. The molecular weight excluding hydrogens is 190 g/mol. The topological polar surface area (TPSA) is 42.1 Å². The molecule has 0 unspecified atom stereocenters. The molecule has 0 aliphatic carbocycles. The van der Waals surface area contributed by atoms with Gasteiger partial charge in [-0.15, -0.1) is 0 Å². The molecule has 0 saturated heterocycles. The van der Waals surface area contributed by atoms with E-state index < -0.39 is 0 Å². The number of carbonyl (C=O) groups excluding carboxylic acids is 1. The van der Waals surface area contributed by atoms with Gasteiger partial charge in [0, 0.05) is 17.1 Å². The van der Waals surface area contributed by atoms with E-state index in [-0.39, 0.29) is 5.97 Å². The lowest BCUT2D eigenvalue weighted by Gasteiger charge is -2.05. The van der Waals surface area contributed by atoms with Crippen LogP contribution in [0.3, 0.4) is 0 Å². The smallest absolute Gasteiger partial charge is 0.338 e. The summed E-state index contributed by atoms with van der Waals surface area (Å²) < 4.78 is 4.71. The van der Waals surface area contributed by atoms with Crippen LogP contribution in [0, 0.1) is 0 Å². The van der Waals surface area contributed by atoms with Crippen molar-refractivity contribution < 1.29 is 9.53 Å². The second-order valence-electron chi connectivity index (χ2n) is 3.16. The number of H-pyrrole nitrogens is 1. The first-order valence-electron chi connectivity index (χ1n) is 4.58. The number of esters is 1. The van der Waals surface area contributed by atoms with E-state index in [1.54, 1.807) is 12.1 Å². The molecule has 0 bridgehead atoms. The zero-order valence-electron chi connectivity index (χ0n) is 8.41. The van der Waals surface area contributed by atoms with E-state index in [4.69, 9.17) is 4.74 Å². The van der Waals surface area contributed by atoms with Gasteiger partial charge in [0.15, 0.2) is 0 Å². The molecule has 0 radical (unpaired) electrons. The van der Waals surface area contributed by atoms with E-state index in [0.717, 1.165) is 16.5 Å². The first-order chi connectivity index (χ1) is 7.27. The highest BCUT2D eigenvalue weighted by atomic mass is 16.5. The van der Waals surface area contributed by atoms with Crippen molar-refractivity contribution in [2.75, 3.05) is 7.11 Å². The van der Waals surface area contributed by atoms with Gasteiger partial charge in [-0.05, 0) is 23.8 Å². The molecule has 76 valence electrons. The van der Waals surface area contributed by atoms with Gasteiger partial charge in [0.05, 0.1) is 12.7 Å². The predicted molar refractivity (Wildman–Crippen MR) is 59.7 cm³/mol. The third-order valence-electron chi connectivity index (χ3n) is 2.39. The van der Waals surface area contributed by atoms with Gasteiger partial charge in [-0.2, -0.15) is 0 Å². The van der Waals surface area contributed by atoms with Crippen molar-refractivity contribution in [3.05, 3.63) is 42.1 Å². The van der Waals surface area contributed by atoms with E-state index in [1.807, 2.05) is 18.3 Å². The lowest BCUT2D eigenvalue weighted by molar-refractivity contribution is 0.0600. The number of methoxy groups -OCH3 is 1. The molecule has 2 aromatic rings. The van der Waals surface area contributed by atoms with Crippen LogP contribution in [0.25, 0.3) is 17.0 Å². The fourth-order valence-electron chi connectivity index (χ4n) is 1.66.